The third-order valence-corrected chi connectivity index (χ3v) is 5.14. The van der Waals surface area contributed by atoms with Crippen molar-refractivity contribution in [2.45, 2.75) is 37.8 Å². The molecule has 1 fully saturated rings. The van der Waals surface area contributed by atoms with Crippen LogP contribution in [0.3, 0.4) is 0 Å². The molecule has 1 amide bonds. The van der Waals surface area contributed by atoms with Crippen molar-refractivity contribution in [3.63, 3.8) is 0 Å². The van der Waals surface area contributed by atoms with Crippen molar-refractivity contribution in [3.8, 4) is 0 Å². The van der Waals surface area contributed by atoms with E-state index < -0.39 is 6.10 Å². The minimum absolute atomic E-state index is 0.119. The minimum Gasteiger partial charge on any atom is -0.383 e. The number of rotatable bonds is 7. The average molecular weight is 367 g/mol. The van der Waals surface area contributed by atoms with Gasteiger partial charge < -0.3 is 20.2 Å². The van der Waals surface area contributed by atoms with Crippen molar-refractivity contribution < 1.29 is 9.90 Å². The van der Waals surface area contributed by atoms with Crippen molar-refractivity contribution in [2.75, 3.05) is 49.4 Å². The average Bonchev–Trinajstić information content (AvgIpc) is 2.85. The molecule has 0 spiro atoms. The molecule has 0 unspecified atom stereocenters. The maximum Gasteiger partial charge on any atom is 0.251 e. The second-order valence-corrected chi connectivity index (χ2v) is 7.68. The fraction of sp³-hybridized carbons (Fsp3) is 0.667. The number of anilines is 2. The SMILES string of the molecule is CSCC[C@@H](O)C(=O)N1CCC[C@@H](Nc2ccc(N(C)C)nc2)CC1. The third kappa shape index (κ3) is 6.08. The van der Waals surface area contributed by atoms with Crippen LogP contribution in [-0.4, -0.2) is 72.2 Å². The fourth-order valence-corrected chi connectivity index (χ4v) is 3.46. The predicted molar refractivity (Wildman–Crippen MR) is 105 cm³/mol. The van der Waals surface area contributed by atoms with Gasteiger partial charge in [-0.05, 0) is 49.8 Å². The highest BCUT2D eigenvalue weighted by Gasteiger charge is 2.25. The largest absolute Gasteiger partial charge is 0.383 e. The molecule has 6 nitrogen and oxygen atoms in total. The Morgan fingerprint density at radius 1 is 1.44 bits per heavy atom. The first-order chi connectivity index (χ1) is 12.0. The number of likely N-dealkylation sites (tertiary alicyclic amines) is 1. The standard InChI is InChI=1S/C18H30N4O2S/c1-21(2)17-7-6-15(13-19-17)20-14-5-4-10-22(11-8-14)18(24)16(23)9-12-25-3/h6-7,13-14,16,20,23H,4-5,8-12H2,1-3H3/t14-,16-/m1/s1. The molecule has 2 heterocycles. The summed E-state index contributed by atoms with van der Waals surface area (Å²) in [5.41, 5.74) is 1.01. The van der Waals surface area contributed by atoms with E-state index in [9.17, 15) is 9.90 Å². The summed E-state index contributed by atoms with van der Waals surface area (Å²) in [6.07, 6.45) is 6.36. The second-order valence-electron chi connectivity index (χ2n) is 6.69. The predicted octanol–water partition coefficient (Wildman–Crippen LogP) is 2.05. The Morgan fingerprint density at radius 3 is 2.88 bits per heavy atom. The summed E-state index contributed by atoms with van der Waals surface area (Å²) in [6.45, 7) is 1.42. The van der Waals surface area contributed by atoms with Gasteiger partial charge in [-0.15, -0.1) is 0 Å². The highest BCUT2D eigenvalue weighted by molar-refractivity contribution is 7.98. The van der Waals surface area contributed by atoms with Crippen molar-refractivity contribution in [1.29, 1.82) is 0 Å². The summed E-state index contributed by atoms with van der Waals surface area (Å²) < 4.78 is 0. The van der Waals surface area contributed by atoms with Gasteiger partial charge in [0, 0.05) is 33.2 Å². The van der Waals surface area contributed by atoms with Crippen molar-refractivity contribution in [3.05, 3.63) is 18.3 Å². The van der Waals surface area contributed by atoms with Gasteiger partial charge >= 0.3 is 0 Å². The summed E-state index contributed by atoms with van der Waals surface area (Å²) in [5, 5.41) is 13.6. The molecule has 1 aromatic rings. The molecular formula is C18H30N4O2S. The molecule has 7 heteroatoms. The van der Waals surface area contributed by atoms with E-state index in [4.69, 9.17) is 0 Å². The monoisotopic (exact) mass is 366 g/mol. The molecule has 140 valence electrons. The Bertz CT molecular complexity index is 538. The summed E-state index contributed by atoms with van der Waals surface area (Å²) in [6, 6.07) is 4.37. The van der Waals surface area contributed by atoms with E-state index >= 15 is 0 Å². The van der Waals surface area contributed by atoms with Crippen molar-refractivity contribution in [1.82, 2.24) is 9.88 Å². The number of nitrogens with one attached hydrogen (secondary N) is 1. The van der Waals surface area contributed by atoms with Crippen LogP contribution >= 0.6 is 11.8 Å². The van der Waals surface area contributed by atoms with Gasteiger partial charge in [0.1, 0.15) is 11.9 Å². The van der Waals surface area contributed by atoms with E-state index in [-0.39, 0.29) is 5.91 Å². The molecule has 0 saturated carbocycles. The van der Waals surface area contributed by atoms with E-state index in [2.05, 4.69) is 10.3 Å². The van der Waals surface area contributed by atoms with E-state index in [1.807, 2.05) is 48.5 Å². The molecule has 0 aromatic carbocycles. The summed E-state index contributed by atoms with van der Waals surface area (Å²) in [4.78, 5) is 20.6. The van der Waals surface area contributed by atoms with Crippen LogP contribution in [0.15, 0.2) is 18.3 Å². The Kier molecular flexibility index (Phi) is 7.84. The summed E-state index contributed by atoms with van der Waals surface area (Å²) in [5.74, 6) is 1.62. The lowest BCUT2D eigenvalue weighted by atomic mass is 10.1. The Labute approximate surface area is 155 Å². The molecule has 1 aliphatic heterocycles. The zero-order valence-electron chi connectivity index (χ0n) is 15.4. The first-order valence-corrected chi connectivity index (χ1v) is 10.3. The number of thioether (sulfide) groups is 1. The van der Waals surface area contributed by atoms with E-state index in [0.717, 1.165) is 43.1 Å². The Balaban J connectivity index is 1.85. The number of aromatic nitrogens is 1. The van der Waals surface area contributed by atoms with Gasteiger partial charge in [0.2, 0.25) is 0 Å². The van der Waals surface area contributed by atoms with Gasteiger partial charge in [-0.1, -0.05) is 0 Å². The highest BCUT2D eigenvalue weighted by Crippen LogP contribution is 2.19. The topological polar surface area (TPSA) is 68.7 Å². The quantitative estimate of drug-likeness (QED) is 0.770. The molecule has 1 aliphatic rings. The molecule has 1 aromatic heterocycles. The number of aliphatic hydroxyl groups excluding tert-OH is 1. The molecule has 0 radical (unpaired) electrons. The lowest BCUT2D eigenvalue weighted by Crippen LogP contribution is -2.40. The number of hydrogen-bond acceptors (Lipinski definition) is 6. The molecule has 25 heavy (non-hydrogen) atoms. The number of pyridine rings is 1. The summed E-state index contributed by atoms with van der Waals surface area (Å²) in [7, 11) is 3.94. The van der Waals surface area contributed by atoms with Crippen LogP contribution in [0.25, 0.3) is 0 Å². The normalized spacial score (nSPS) is 19.2. The number of carbonyl (C=O) groups is 1. The van der Waals surface area contributed by atoms with Crippen molar-refractivity contribution in [2.24, 2.45) is 0 Å². The molecule has 1 saturated heterocycles. The summed E-state index contributed by atoms with van der Waals surface area (Å²) >= 11 is 1.65. The molecule has 2 atom stereocenters. The van der Waals surface area contributed by atoms with E-state index in [0.29, 0.717) is 19.0 Å². The molecule has 2 rings (SSSR count). The molecule has 0 aliphatic carbocycles. The molecule has 0 bridgehead atoms. The van der Waals surface area contributed by atoms with Gasteiger partial charge in [0.05, 0.1) is 11.9 Å². The molecule has 2 N–H and O–H groups in total. The first-order valence-electron chi connectivity index (χ1n) is 8.87. The highest BCUT2D eigenvalue weighted by atomic mass is 32.2. The van der Waals surface area contributed by atoms with Gasteiger partial charge in [-0.2, -0.15) is 11.8 Å². The van der Waals surface area contributed by atoms with Crippen LogP contribution < -0.4 is 10.2 Å². The van der Waals surface area contributed by atoms with Crippen LogP contribution in [0.2, 0.25) is 0 Å². The number of aliphatic hydroxyl groups is 1. The Morgan fingerprint density at radius 2 is 2.24 bits per heavy atom. The maximum atomic E-state index is 12.4. The lowest BCUT2D eigenvalue weighted by Gasteiger charge is -2.23. The molecular weight excluding hydrogens is 336 g/mol. The van der Waals surface area contributed by atoms with Crippen LogP contribution in [0, 0.1) is 0 Å². The van der Waals surface area contributed by atoms with E-state index in [1.54, 1.807) is 11.8 Å². The maximum absolute atomic E-state index is 12.4. The van der Waals surface area contributed by atoms with Crippen LogP contribution in [-0.2, 0) is 4.79 Å². The van der Waals surface area contributed by atoms with Gasteiger partial charge in [0.25, 0.3) is 5.91 Å². The van der Waals surface area contributed by atoms with Gasteiger partial charge in [0.15, 0.2) is 0 Å². The van der Waals surface area contributed by atoms with Crippen LogP contribution in [0.5, 0.6) is 0 Å². The number of carbonyl (C=O) groups excluding carboxylic acids is 1. The number of nitrogens with zero attached hydrogens (tertiary/aromatic N) is 3. The van der Waals surface area contributed by atoms with E-state index in [1.165, 1.54) is 0 Å². The second kappa shape index (κ2) is 9.87. The third-order valence-electron chi connectivity index (χ3n) is 4.50. The Hall–Kier alpha value is -1.47. The zero-order valence-corrected chi connectivity index (χ0v) is 16.3. The fourth-order valence-electron chi connectivity index (χ4n) is 3.00. The minimum atomic E-state index is -0.861. The van der Waals surface area contributed by atoms with Crippen LogP contribution in [0.4, 0.5) is 11.5 Å². The van der Waals surface area contributed by atoms with Gasteiger partial charge in [-0.3, -0.25) is 4.79 Å². The van der Waals surface area contributed by atoms with Crippen LogP contribution in [0.1, 0.15) is 25.7 Å². The first kappa shape index (κ1) is 19.8. The smallest absolute Gasteiger partial charge is 0.251 e. The zero-order chi connectivity index (χ0) is 18.2. The van der Waals surface area contributed by atoms with Crippen molar-refractivity contribution >= 4 is 29.2 Å². The lowest BCUT2D eigenvalue weighted by molar-refractivity contribution is -0.140. The number of hydrogen-bond donors (Lipinski definition) is 2. The van der Waals surface area contributed by atoms with Gasteiger partial charge in [-0.25, -0.2) is 4.98 Å². The number of amides is 1.